The van der Waals surface area contributed by atoms with E-state index in [1.54, 1.807) is 6.92 Å². The van der Waals surface area contributed by atoms with E-state index in [1.165, 1.54) is 16.0 Å². The second kappa shape index (κ2) is 32.3. The van der Waals surface area contributed by atoms with Crippen LogP contribution in [0.2, 0.25) is 0 Å². The van der Waals surface area contributed by atoms with Crippen molar-refractivity contribution in [2.45, 2.75) is 77.5 Å². The van der Waals surface area contributed by atoms with E-state index >= 15 is 0 Å². The van der Waals surface area contributed by atoms with Gasteiger partial charge in [0.2, 0.25) is 0 Å². The van der Waals surface area contributed by atoms with E-state index in [4.69, 9.17) is 49.8 Å². The van der Waals surface area contributed by atoms with Crippen molar-refractivity contribution in [3.63, 3.8) is 0 Å². The number of azide groups is 1. The van der Waals surface area contributed by atoms with Gasteiger partial charge in [0.05, 0.1) is 45.7 Å². The average molecular weight is 669 g/mol. The summed E-state index contributed by atoms with van der Waals surface area (Å²) in [4.78, 5) is 4.07. The zero-order valence-electron chi connectivity index (χ0n) is 28.0. The van der Waals surface area contributed by atoms with Crippen LogP contribution in [0, 0.1) is 0 Å². The first-order valence-electron chi connectivity index (χ1n) is 15.5. The molecule has 15 heteroatoms. The van der Waals surface area contributed by atoms with Crippen LogP contribution in [-0.4, -0.2) is 82.7 Å². The quantitative estimate of drug-likeness (QED) is 0.0333. The summed E-state index contributed by atoms with van der Waals surface area (Å²) in [5, 5.41) is 12.7. The Kier molecular flexibility index (Phi) is 30.7. The maximum atomic E-state index is 9.43. The summed E-state index contributed by atoms with van der Waals surface area (Å²) in [7, 11) is 0. The van der Waals surface area contributed by atoms with Gasteiger partial charge in [-0.1, -0.05) is 65.8 Å². The van der Waals surface area contributed by atoms with Gasteiger partial charge in [0.25, 0.3) is 0 Å². The van der Waals surface area contributed by atoms with E-state index in [0.717, 1.165) is 38.9 Å². The molecule has 0 saturated carbocycles. The Bertz CT molecular complexity index is 1060. The maximum Gasteiger partial charge on any atom is 1.00 e. The maximum absolute atomic E-state index is 9.43. The van der Waals surface area contributed by atoms with Gasteiger partial charge >= 0.3 is 29.6 Å². The van der Waals surface area contributed by atoms with Gasteiger partial charge in [0.15, 0.2) is 12.6 Å². The Balaban J connectivity index is 0.000000820. The molecule has 1 aliphatic heterocycles. The predicted molar refractivity (Wildman–Crippen MR) is 173 cm³/mol. The molecule has 0 radical (unpaired) electrons. The first-order chi connectivity index (χ1) is 22.5. The Morgan fingerprint density at radius 2 is 1.21 bits per heavy atom. The minimum atomic E-state index is -0.802. The molecule has 0 amide bonds. The van der Waals surface area contributed by atoms with Gasteiger partial charge in [0, 0.05) is 31.3 Å². The molecule has 256 valence electrons. The molecule has 2 aromatic carbocycles. The summed E-state index contributed by atoms with van der Waals surface area (Å²) in [5.74, 6) is 0. The number of epoxide rings is 1. The van der Waals surface area contributed by atoms with Crippen LogP contribution in [0.4, 0.5) is 0 Å². The number of unbranched alkanes of at least 4 members (excludes halogenated alkanes) is 2. The normalized spacial score (nSPS) is 14.7. The summed E-state index contributed by atoms with van der Waals surface area (Å²) >= 11 is 0. The second-order valence-corrected chi connectivity index (χ2v) is 10.1. The molecule has 0 aliphatic carbocycles. The molecular formula is C32H49N6NaO8. The number of ether oxygens (including phenoxy) is 7. The van der Waals surface area contributed by atoms with E-state index in [-0.39, 0.29) is 49.0 Å². The van der Waals surface area contributed by atoms with Crippen LogP contribution in [0.1, 0.15) is 50.7 Å². The second-order valence-electron chi connectivity index (χ2n) is 10.1. The average Bonchev–Trinajstić information content (AvgIpc) is 3.91. The van der Waals surface area contributed by atoms with Crippen molar-refractivity contribution in [2.24, 2.45) is 5.11 Å². The first kappa shape index (κ1) is 44.7. The minimum absolute atomic E-state index is 0. The minimum Gasteiger partial charge on any atom is -0.391 e. The smallest absolute Gasteiger partial charge is 0.391 e. The van der Waals surface area contributed by atoms with Gasteiger partial charge < -0.3 is 49.3 Å². The van der Waals surface area contributed by atoms with E-state index in [1.807, 2.05) is 55.5 Å². The molecule has 3 rings (SSSR count). The first-order valence-corrected chi connectivity index (χ1v) is 15.5. The zero-order chi connectivity index (χ0) is 33.5. The van der Waals surface area contributed by atoms with Crippen LogP contribution < -0.4 is 29.6 Å². The zero-order valence-corrected chi connectivity index (χ0v) is 30.0. The summed E-state index contributed by atoms with van der Waals surface area (Å²) in [6.07, 6.45) is 2.73. The van der Waals surface area contributed by atoms with Crippen molar-refractivity contribution in [1.82, 2.24) is 0 Å². The largest absolute Gasteiger partial charge is 1.00 e. The van der Waals surface area contributed by atoms with Gasteiger partial charge in [-0.25, -0.2) is 0 Å². The number of hydrogen-bond donors (Lipinski definition) is 1. The van der Waals surface area contributed by atoms with Crippen molar-refractivity contribution in [3.8, 4) is 0 Å². The van der Waals surface area contributed by atoms with Crippen LogP contribution in [0.5, 0.6) is 0 Å². The molecule has 0 bridgehead atoms. The summed E-state index contributed by atoms with van der Waals surface area (Å²) in [6.45, 7) is 9.30. The van der Waals surface area contributed by atoms with E-state index in [0.29, 0.717) is 45.7 Å². The predicted octanol–water partition coefficient (Wildman–Crippen LogP) is 3.67. The molecule has 1 heterocycles. The number of benzene rings is 2. The molecule has 1 fully saturated rings. The molecule has 1 aliphatic rings. The van der Waals surface area contributed by atoms with Gasteiger partial charge in [-0.2, -0.15) is 0 Å². The molecule has 1 N–H and O–H groups in total. The van der Waals surface area contributed by atoms with Crippen molar-refractivity contribution in [1.29, 1.82) is 0 Å². The third kappa shape index (κ3) is 29.6. The van der Waals surface area contributed by atoms with Crippen LogP contribution in [0.25, 0.3) is 26.4 Å². The number of nitrogens with zero attached hydrogens (tertiary/aromatic N) is 6. The fraction of sp³-hybridized carbons (Fsp3) is 0.625. The fourth-order valence-electron chi connectivity index (χ4n) is 3.57. The Morgan fingerprint density at radius 1 is 0.766 bits per heavy atom. The van der Waals surface area contributed by atoms with Crippen LogP contribution in [0.15, 0.2) is 65.8 Å². The Labute approximate surface area is 300 Å². The summed E-state index contributed by atoms with van der Waals surface area (Å²) < 4.78 is 38.1. The van der Waals surface area contributed by atoms with Crippen LogP contribution in [0.3, 0.4) is 0 Å². The molecule has 1 saturated heterocycles. The molecule has 4 atom stereocenters. The van der Waals surface area contributed by atoms with Crippen molar-refractivity contribution >= 4 is 0 Å². The summed E-state index contributed by atoms with van der Waals surface area (Å²) in [6, 6.07) is 20.3. The molecule has 14 nitrogen and oxygen atoms in total. The van der Waals surface area contributed by atoms with Crippen molar-refractivity contribution < 1.29 is 67.8 Å². The summed E-state index contributed by atoms with van der Waals surface area (Å²) in [5.41, 5.74) is 24.0. The van der Waals surface area contributed by atoms with Crippen LogP contribution >= 0.6 is 0 Å². The number of aliphatic hydroxyl groups excluding tert-OH is 1. The molecule has 0 spiro atoms. The third-order valence-electron chi connectivity index (χ3n) is 6.09. The SMILES string of the molecule is CC(OCCCCOCc1ccccc1)OCC(O)CN=[N+]=[N-].CC(OCCCCOCc1ccccc1)OCC1CO1.[N-]=[N+]=[N-].[Na+]. The molecular weight excluding hydrogens is 619 g/mol. The van der Waals surface area contributed by atoms with Gasteiger partial charge in [-0.05, 0) is 56.2 Å². The Hall–Kier alpha value is -2.26. The van der Waals surface area contributed by atoms with Crippen molar-refractivity contribution in [2.75, 3.05) is 52.8 Å². The van der Waals surface area contributed by atoms with Gasteiger partial charge in [-0.15, -0.1) is 0 Å². The van der Waals surface area contributed by atoms with Crippen LogP contribution in [-0.2, 0) is 46.4 Å². The molecule has 4 unspecified atom stereocenters. The number of rotatable bonds is 24. The van der Waals surface area contributed by atoms with E-state index < -0.39 is 12.4 Å². The fourth-order valence-corrected chi connectivity index (χ4v) is 3.57. The van der Waals surface area contributed by atoms with Crippen molar-refractivity contribution in [3.05, 3.63) is 98.2 Å². The number of aliphatic hydroxyl groups is 1. The molecule has 0 aromatic heterocycles. The van der Waals surface area contributed by atoms with E-state index in [9.17, 15) is 5.11 Å². The molecule has 47 heavy (non-hydrogen) atoms. The Morgan fingerprint density at radius 3 is 1.66 bits per heavy atom. The van der Waals surface area contributed by atoms with Gasteiger partial charge in [-0.3, -0.25) is 4.91 Å². The monoisotopic (exact) mass is 668 g/mol. The van der Waals surface area contributed by atoms with Gasteiger partial charge in [0.1, 0.15) is 6.10 Å². The topological polar surface area (TPSA) is 196 Å². The van der Waals surface area contributed by atoms with E-state index in [2.05, 4.69) is 22.2 Å². The number of hydrogen-bond acceptors (Lipinski definition) is 9. The standard InChI is InChI=1S/C16H25N3O4.C16H24O4.N3.Na/c1-14(23-13-16(20)11-18-19-17)22-10-6-5-9-21-12-15-7-3-2-4-8-15;1-14(19-12-16-13-20-16)18-10-6-5-9-17-11-15-7-3-2-4-8-15;1-3-2;/h2-4,7-8,14,16,20H,5-6,9-13H2,1H3;2-4,7-8,14,16H,5-6,9-13H2,1H3;;/q;;-1;+1. The third-order valence-corrected chi connectivity index (χ3v) is 6.09. The molecule has 2 aromatic rings.